The largest absolute Gasteiger partial charge is 0.465 e. The van der Waals surface area contributed by atoms with Crippen LogP contribution < -0.4 is 0 Å². The monoisotopic (exact) mass is 479 g/mol. The van der Waals surface area contributed by atoms with Gasteiger partial charge >= 0.3 is 5.97 Å². The molecule has 1 saturated heterocycles. The Morgan fingerprint density at radius 1 is 1.26 bits per heavy atom. The maximum Gasteiger partial charge on any atom is 0.348 e. The summed E-state index contributed by atoms with van der Waals surface area (Å²) in [5.41, 5.74) is 1.19. The van der Waals surface area contributed by atoms with Crippen molar-refractivity contribution >= 4 is 23.2 Å². The number of nitrogens with zero attached hydrogens (tertiary/aromatic N) is 1. The maximum absolute atomic E-state index is 12.4. The van der Waals surface area contributed by atoms with Crippen molar-refractivity contribution in [3.05, 3.63) is 69.9 Å². The van der Waals surface area contributed by atoms with Crippen molar-refractivity contribution in [2.24, 2.45) is 5.92 Å². The first-order valence-electron chi connectivity index (χ1n) is 11.8. The molecule has 2 aromatic rings. The molecule has 1 N–H and O–H groups in total. The van der Waals surface area contributed by atoms with E-state index in [4.69, 9.17) is 4.74 Å². The molecule has 0 spiro atoms. The number of likely N-dealkylation sites (tertiary alicyclic amines) is 1. The van der Waals surface area contributed by atoms with E-state index >= 15 is 0 Å². The normalized spacial score (nSPS) is 17.4. The Morgan fingerprint density at radius 2 is 2.06 bits per heavy atom. The minimum absolute atomic E-state index is 0.0208. The first-order chi connectivity index (χ1) is 16.5. The molecular formula is C28H33NO4S. The molecule has 0 radical (unpaired) electrons. The summed E-state index contributed by atoms with van der Waals surface area (Å²) in [5, 5.41) is 10.5. The summed E-state index contributed by atoms with van der Waals surface area (Å²) in [7, 11) is 1.38. The van der Waals surface area contributed by atoms with Gasteiger partial charge in [-0.2, -0.15) is 0 Å². The average molecular weight is 480 g/mol. The predicted octanol–water partition coefficient (Wildman–Crippen LogP) is 4.65. The minimum Gasteiger partial charge on any atom is -0.465 e. The fourth-order valence-electron chi connectivity index (χ4n) is 3.94. The van der Waals surface area contributed by atoms with Gasteiger partial charge in [0.15, 0.2) is 0 Å². The SMILES string of the molecule is COC(=O)c1ccc(CCCN2C(=O)CC[C@@H]2/C=C/[C@@H](O)[C@@H](C)CC#CCc2ccccc2)s1. The number of aliphatic hydroxyl groups excluding tert-OH is 1. The number of rotatable bonds is 10. The van der Waals surface area contributed by atoms with Crippen LogP contribution in [0, 0.1) is 17.8 Å². The first kappa shape index (κ1) is 25.7. The molecule has 2 heterocycles. The van der Waals surface area contributed by atoms with Crippen molar-refractivity contribution in [2.75, 3.05) is 13.7 Å². The number of carbonyl (C=O) groups is 2. The number of aryl methyl sites for hydroxylation is 1. The molecule has 1 aliphatic heterocycles. The molecule has 5 nitrogen and oxygen atoms in total. The molecule has 0 bridgehead atoms. The lowest BCUT2D eigenvalue weighted by Crippen LogP contribution is -2.33. The molecule has 0 unspecified atom stereocenters. The van der Waals surface area contributed by atoms with Gasteiger partial charge < -0.3 is 14.7 Å². The second-order valence-corrected chi connectivity index (χ2v) is 9.80. The van der Waals surface area contributed by atoms with Crippen molar-refractivity contribution < 1.29 is 19.4 Å². The summed E-state index contributed by atoms with van der Waals surface area (Å²) in [6.45, 7) is 2.66. The quantitative estimate of drug-likeness (QED) is 0.306. The summed E-state index contributed by atoms with van der Waals surface area (Å²) in [5.74, 6) is 6.23. The van der Waals surface area contributed by atoms with E-state index < -0.39 is 6.10 Å². The molecule has 0 saturated carbocycles. The summed E-state index contributed by atoms with van der Waals surface area (Å²) >= 11 is 1.44. The van der Waals surface area contributed by atoms with E-state index in [0.29, 0.717) is 30.7 Å². The van der Waals surface area contributed by atoms with Crippen LogP contribution in [0.5, 0.6) is 0 Å². The highest BCUT2D eigenvalue weighted by atomic mass is 32.1. The van der Waals surface area contributed by atoms with Gasteiger partial charge in [-0.1, -0.05) is 55.3 Å². The van der Waals surface area contributed by atoms with Crippen molar-refractivity contribution in [3.63, 3.8) is 0 Å². The van der Waals surface area contributed by atoms with Gasteiger partial charge in [-0.15, -0.1) is 17.3 Å². The highest BCUT2D eigenvalue weighted by molar-refractivity contribution is 7.13. The summed E-state index contributed by atoms with van der Waals surface area (Å²) < 4.78 is 4.76. The topological polar surface area (TPSA) is 66.8 Å². The third kappa shape index (κ3) is 7.58. The fraction of sp³-hybridized carbons (Fsp3) is 0.429. The minimum atomic E-state index is -0.591. The number of esters is 1. The molecule has 1 amide bonds. The zero-order valence-corrected chi connectivity index (χ0v) is 20.7. The Bertz CT molecular complexity index is 1030. The number of aliphatic hydroxyl groups is 1. The van der Waals surface area contributed by atoms with Gasteiger partial charge in [-0.3, -0.25) is 4.79 Å². The van der Waals surface area contributed by atoms with Gasteiger partial charge in [0.1, 0.15) is 4.88 Å². The van der Waals surface area contributed by atoms with Gasteiger partial charge in [-0.05, 0) is 42.9 Å². The molecule has 3 rings (SSSR count). The van der Waals surface area contributed by atoms with Gasteiger partial charge in [0.2, 0.25) is 5.91 Å². The van der Waals surface area contributed by atoms with E-state index in [-0.39, 0.29) is 23.8 Å². The molecular weight excluding hydrogens is 446 g/mol. The van der Waals surface area contributed by atoms with Crippen LogP contribution in [0.25, 0.3) is 0 Å². The van der Waals surface area contributed by atoms with Crippen LogP contribution in [0.15, 0.2) is 54.6 Å². The molecule has 180 valence electrons. The number of thiophene rings is 1. The molecule has 1 fully saturated rings. The van der Waals surface area contributed by atoms with E-state index in [2.05, 4.69) is 24.0 Å². The molecule has 1 aliphatic rings. The molecule has 6 heteroatoms. The zero-order chi connectivity index (χ0) is 24.3. The summed E-state index contributed by atoms with van der Waals surface area (Å²) in [6, 6.07) is 13.9. The van der Waals surface area contributed by atoms with Crippen molar-refractivity contribution in [1.82, 2.24) is 4.90 Å². The number of benzene rings is 1. The lowest BCUT2D eigenvalue weighted by atomic mass is 9.99. The number of ether oxygens (including phenoxy) is 1. The Labute approximate surface area is 206 Å². The Morgan fingerprint density at radius 3 is 2.82 bits per heavy atom. The molecule has 1 aromatic carbocycles. The Hall–Kier alpha value is -2.88. The van der Waals surface area contributed by atoms with Crippen LogP contribution >= 0.6 is 11.3 Å². The Kier molecular flexibility index (Phi) is 9.93. The predicted molar refractivity (Wildman–Crippen MR) is 136 cm³/mol. The maximum atomic E-state index is 12.4. The second-order valence-electron chi connectivity index (χ2n) is 8.63. The second kappa shape index (κ2) is 13.1. The number of methoxy groups -OCH3 is 1. The van der Waals surface area contributed by atoms with E-state index in [0.717, 1.165) is 24.1 Å². The lowest BCUT2D eigenvalue weighted by Gasteiger charge is -2.23. The van der Waals surface area contributed by atoms with Crippen molar-refractivity contribution in [2.45, 2.75) is 57.6 Å². The zero-order valence-electron chi connectivity index (χ0n) is 19.9. The smallest absolute Gasteiger partial charge is 0.348 e. The van der Waals surface area contributed by atoms with Crippen LogP contribution in [0.1, 0.15) is 52.7 Å². The van der Waals surface area contributed by atoms with Crippen LogP contribution in [0.2, 0.25) is 0 Å². The van der Waals surface area contributed by atoms with Crippen LogP contribution in [0.3, 0.4) is 0 Å². The highest BCUT2D eigenvalue weighted by Crippen LogP contribution is 2.23. The third-order valence-electron chi connectivity index (χ3n) is 6.04. The van der Waals surface area contributed by atoms with Crippen molar-refractivity contribution in [3.8, 4) is 11.8 Å². The third-order valence-corrected chi connectivity index (χ3v) is 7.17. The van der Waals surface area contributed by atoms with Gasteiger partial charge in [0.25, 0.3) is 0 Å². The molecule has 1 aromatic heterocycles. The highest BCUT2D eigenvalue weighted by Gasteiger charge is 2.28. The first-order valence-corrected chi connectivity index (χ1v) is 12.6. The molecule has 34 heavy (non-hydrogen) atoms. The molecule has 0 aliphatic carbocycles. The van der Waals surface area contributed by atoms with Crippen LogP contribution in [-0.4, -0.2) is 47.7 Å². The van der Waals surface area contributed by atoms with E-state index in [9.17, 15) is 14.7 Å². The fourth-order valence-corrected chi connectivity index (χ4v) is 4.91. The summed E-state index contributed by atoms with van der Waals surface area (Å²) in [4.78, 5) is 27.6. The average Bonchev–Trinajstić information content (AvgIpc) is 3.47. The van der Waals surface area contributed by atoms with E-state index in [1.54, 1.807) is 6.07 Å². The number of carbonyl (C=O) groups excluding carboxylic acids is 2. The number of hydrogen-bond acceptors (Lipinski definition) is 5. The summed E-state index contributed by atoms with van der Waals surface area (Å²) in [6.07, 6.45) is 7.50. The van der Waals surface area contributed by atoms with Gasteiger partial charge in [-0.25, -0.2) is 4.79 Å². The van der Waals surface area contributed by atoms with E-state index in [1.807, 2.05) is 48.2 Å². The van der Waals surface area contributed by atoms with Gasteiger partial charge in [0, 0.05) is 30.7 Å². The molecule has 3 atom stereocenters. The lowest BCUT2D eigenvalue weighted by molar-refractivity contribution is -0.128. The van der Waals surface area contributed by atoms with E-state index in [1.165, 1.54) is 24.0 Å². The van der Waals surface area contributed by atoms with Gasteiger partial charge in [0.05, 0.1) is 19.3 Å². The number of hydrogen-bond donors (Lipinski definition) is 1. The van der Waals surface area contributed by atoms with Crippen molar-refractivity contribution in [1.29, 1.82) is 0 Å². The Balaban J connectivity index is 1.44. The van der Waals surface area contributed by atoms with Crippen LogP contribution in [0.4, 0.5) is 0 Å². The van der Waals surface area contributed by atoms with Crippen LogP contribution in [-0.2, 0) is 22.4 Å². The number of amides is 1. The standard InChI is InChI=1S/C28H33NO4S/c1-21(9-6-7-12-22-10-4-3-5-11-22)25(30)17-14-23-15-19-27(31)29(23)20-8-13-24-16-18-26(34-24)28(32)33-2/h3-5,10-11,14,16-18,21,23,25,30H,8-9,12-13,15,19-20H2,1-2H3/b17-14+/t21-,23-,25+/m0/s1.